The first-order chi connectivity index (χ1) is 8.39. The summed E-state index contributed by atoms with van der Waals surface area (Å²) < 4.78 is 10.7. The lowest BCUT2D eigenvalue weighted by Gasteiger charge is -2.36. The summed E-state index contributed by atoms with van der Waals surface area (Å²) in [6, 6.07) is 6.67. The van der Waals surface area contributed by atoms with Crippen molar-refractivity contribution in [3.05, 3.63) is 34.9 Å². The number of ether oxygens (including phenoxy) is 2. The van der Waals surface area contributed by atoms with E-state index in [0.29, 0.717) is 10.6 Å². The second-order valence-electron chi connectivity index (χ2n) is 4.69. The maximum Gasteiger partial charge on any atom is 0.190 e. The lowest BCUT2D eigenvalue weighted by molar-refractivity contribution is -0.271. The number of carbonyl (C=O) groups is 1. The maximum absolute atomic E-state index is 11.7. The fourth-order valence-corrected chi connectivity index (χ4v) is 1.93. The van der Waals surface area contributed by atoms with E-state index in [-0.39, 0.29) is 12.4 Å². The number of hydrogen-bond acceptors (Lipinski definition) is 4. The Balaban J connectivity index is 2.19. The van der Waals surface area contributed by atoms with Crippen molar-refractivity contribution in [3.8, 4) is 0 Å². The third-order valence-electron chi connectivity index (χ3n) is 2.79. The predicted octanol–water partition coefficient (Wildman–Crippen LogP) is 2.09. The molecular weight excluding hydrogens is 256 g/mol. The first-order valence-electron chi connectivity index (χ1n) is 5.67. The second-order valence-corrected chi connectivity index (χ2v) is 5.13. The van der Waals surface area contributed by atoms with Crippen LogP contribution >= 0.6 is 11.6 Å². The third-order valence-corrected chi connectivity index (χ3v) is 3.04. The molecule has 5 heteroatoms. The molecule has 1 heterocycles. The van der Waals surface area contributed by atoms with Gasteiger partial charge in [-0.25, -0.2) is 0 Å². The minimum Gasteiger partial charge on any atom is -0.385 e. The summed E-state index contributed by atoms with van der Waals surface area (Å²) in [6.45, 7) is 3.37. The molecule has 1 aromatic carbocycles. The molecule has 1 aliphatic heterocycles. The highest BCUT2D eigenvalue weighted by molar-refractivity contribution is 6.30. The lowest BCUT2D eigenvalue weighted by atomic mass is 10.0. The molecule has 1 aliphatic rings. The number of aliphatic hydroxyl groups excluding tert-OH is 1. The molecule has 1 aromatic rings. The van der Waals surface area contributed by atoms with E-state index < -0.39 is 18.0 Å². The molecule has 0 aliphatic carbocycles. The highest BCUT2D eigenvalue weighted by atomic mass is 35.5. The van der Waals surface area contributed by atoms with Gasteiger partial charge in [-0.3, -0.25) is 4.79 Å². The highest BCUT2D eigenvalue weighted by Crippen LogP contribution is 2.29. The highest BCUT2D eigenvalue weighted by Gasteiger charge is 2.39. The smallest absolute Gasteiger partial charge is 0.190 e. The van der Waals surface area contributed by atoms with Gasteiger partial charge in [-0.2, -0.15) is 0 Å². The number of ketones is 1. The molecule has 0 radical (unpaired) electrons. The van der Waals surface area contributed by atoms with Gasteiger partial charge in [0.15, 0.2) is 17.7 Å². The first kappa shape index (κ1) is 13.5. The number of benzene rings is 1. The van der Waals surface area contributed by atoms with Gasteiger partial charge in [0.2, 0.25) is 0 Å². The predicted molar refractivity (Wildman–Crippen MR) is 66.3 cm³/mol. The van der Waals surface area contributed by atoms with Crippen LogP contribution < -0.4 is 0 Å². The van der Waals surface area contributed by atoms with E-state index in [9.17, 15) is 9.90 Å². The molecule has 0 spiro atoms. The molecule has 4 nitrogen and oxygen atoms in total. The number of Topliss-reactive ketones (excluding diaryl/α,β-unsaturated/α-hetero) is 1. The summed E-state index contributed by atoms with van der Waals surface area (Å²) in [4.78, 5) is 11.7. The number of aliphatic hydroxyl groups is 1. The van der Waals surface area contributed by atoms with Crippen molar-refractivity contribution in [2.45, 2.75) is 31.8 Å². The van der Waals surface area contributed by atoms with Crippen molar-refractivity contribution in [2.24, 2.45) is 0 Å². The molecule has 0 unspecified atom stereocenters. The Morgan fingerprint density at radius 2 is 2.00 bits per heavy atom. The molecule has 0 bridgehead atoms. The molecule has 0 aromatic heterocycles. The SMILES string of the molecule is CC1(C)OCC(=O)[C@@H]([C@H](O)c2ccc(Cl)cc2)O1. The van der Waals surface area contributed by atoms with Crippen LogP contribution in [0.2, 0.25) is 5.02 Å². The molecule has 1 fully saturated rings. The molecule has 2 rings (SSSR count). The van der Waals surface area contributed by atoms with Crippen molar-refractivity contribution in [1.29, 1.82) is 0 Å². The van der Waals surface area contributed by atoms with Crippen LogP contribution in [0, 0.1) is 0 Å². The van der Waals surface area contributed by atoms with Gasteiger partial charge < -0.3 is 14.6 Å². The quantitative estimate of drug-likeness (QED) is 0.894. The van der Waals surface area contributed by atoms with Crippen molar-refractivity contribution in [2.75, 3.05) is 6.61 Å². The Labute approximate surface area is 110 Å². The van der Waals surface area contributed by atoms with Crippen molar-refractivity contribution in [3.63, 3.8) is 0 Å². The van der Waals surface area contributed by atoms with Gasteiger partial charge in [-0.1, -0.05) is 23.7 Å². The molecule has 2 atom stereocenters. The van der Waals surface area contributed by atoms with Gasteiger partial charge in [-0.05, 0) is 31.5 Å². The van der Waals surface area contributed by atoms with Crippen LogP contribution in [-0.2, 0) is 14.3 Å². The van der Waals surface area contributed by atoms with Crippen LogP contribution in [0.25, 0.3) is 0 Å². The lowest BCUT2D eigenvalue weighted by Crippen LogP contribution is -2.48. The molecular formula is C13H15ClO4. The Kier molecular flexibility index (Phi) is 3.73. The zero-order chi connectivity index (χ0) is 13.3. The fourth-order valence-electron chi connectivity index (χ4n) is 1.81. The third kappa shape index (κ3) is 2.90. The average Bonchev–Trinajstić information content (AvgIpc) is 2.32. The van der Waals surface area contributed by atoms with Crippen molar-refractivity contribution < 1.29 is 19.4 Å². The largest absolute Gasteiger partial charge is 0.385 e. The van der Waals surface area contributed by atoms with Gasteiger partial charge in [0, 0.05) is 5.02 Å². The van der Waals surface area contributed by atoms with Gasteiger partial charge in [0.05, 0.1) is 0 Å². The summed E-state index contributed by atoms with van der Waals surface area (Å²) >= 11 is 5.78. The molecule has 98 valence electrons. The Morgan fingerprint density at radius 3 is 2.61 bits per heavy atom. The summed E-state index contributed by atoms with van der Waals surface area (Å²) in [5, 5.41) is 10.8. The normalized spacial score (nSPS) is 24.9. The van der Waals surface area contributed by atoms with Crippen LogP contribution in [0.4, 0.5) is 0 Å². The minimum atomic E-state index is -1.02. The minimum absolute atomic E-state index is 0.0533. The van der Waals surface area contributed by atoms with Crippen LogP contribution in [0.1, 0.15) is 25.5 Å². The Hall–Kier alpha value is -0.940. The number of carbonyl (C=O) groups excluding carboxylic acids is 1. The van der Waals surface area contributed by atoms with E-state index in [2.05, 4.69) is 0 Å². The van der Waals surface area contributed by atoms with Crippen molar-refractivity contribution >= 4 is 17.4 Å². The molecule has 0 saturated carbocycles. The molecule has 1 N–H and O–H groups in total. The van der Waals surface area contributed by atoms with Crippen LogP contribution in [0.5, 0.6) is 0 Å². The number of hydrogen-bond donors (Lipinski definition) is 1. The van der Waals surface area contributed by atoms with Gasteiger partial charge in [0.1, 0.15) is 12.7 Å². The maximum atomic E-state index is 11.7. The Morgan fingerprint density at radius 1 is 1.39 bits per heavy atom. The monoisotopic (exact) mass is 270 g/mol. The zero-order valence-corrected chi connectivity index (χ0v) is 11.0. The topological polar surface area (TPSA) is 55.8 Å². The molecule has 0 amide bonds. The number of rotatable bonds is 2. The van der Waals surface area contributed by atoms with E-state index in [1.807, 2.05) is 0 Å². The molecule has 1 saturated heterocycles. The first-order valence-corrected chi connectivity index (χ1v) is 6.05. The van der Waals surface area contributed by atoms with Crippen molar-refractivity contribution in [1.82, 2.24) is 0 Å². The summed E-state index contributed by atoms with van der Waals surface area (Å²) in [5.74, 6) is -1.14. The van der Waals surface area contributed by atoms with Crippen LogP contribution in [0.15, 0.2) is 24.3 Å². The number of halogens is 1. The fraction of sp³-hybridized carbons (Fsp3) is 0.462. The van der Waals surface area contributed by atoms with E-state index in [4.69, 9.17) is 21.1 Å². The summed E-state index contributed by atoms with van der Waals surface area (Å²) in [6.07, 6.45) is -1.92. The van der Waals surface area contributed by atoms with Crippen LogP contribution in [0.3, 0.4) is 0 Å². The zero-order valence-electron chi connectivity index (χ0n) is 10.2. The van der Waals surface area contributed by atoms with Gasteiger partial charge in [0.25, 0.3) is 0 Å². The molecule has 18 heavy (non-hydrogen) atoms. The standard InChI is InChI=1S/C13H15ClO4/c1-13(2)17-7-10(15)12(18-13)11(16)8-3-5-9(14)6-4-8/h3-6,11-12,16H,7H2,1-2H3/t11-,12+/m1/s1. The van der Waals surface area contributed by atoms with E-state index in [0.717, 1.165) is 0 Å². The van der Waals surface area contributed by atoms with Gasteiger partial charge in [-0.15, -0.1) is 0 Å². The van der Waals surface area contributed by atoms with Gasteiger partial charge >= 0.3 is 0 Å². The summed E-state index contributed by atoms with van der Waals surface area (Å²) in [5.41, 5.74) is 0.593. The van der Waals surface area contributed by atoms with E-state index in [1.165, 1.54) is 0 Å². The second kappa shape index (κ2) is 4.97. The summed E-state index contributed by atoms with van der Waals surface area (Å²) in [7, 11) is 0. The Bertz CT molecular complexity index is 441. The van der Waals surface area contributed by atoms with E-state index in [1.54, 1.807) is 38.1 Å². The average molecular weight is 271 g/mol. The van der Waals surface area contributed by atoms with E-state index >= 15 is 0 Å². The van der Waals surface area contributed by atoms with Crippen LogP contribution in [-0.4, -0.2) is 29.4 Å².